The zero-order valence-electron chi connectivity index (χ0n) is 8.05. The summed E-state index contributed by atoms with van der Waals surface area (Å²) in [4.78, 5) is 0. The summed E-state index contributed by atoms with van der Waals surface area (Å²) in [5.41, 5.74) is 2.93. The first-order valence-corrected chi connectivity index (χ1v) is 5.24. The standard InChI is InChI=1S/C12H17N/c1-2-5-11-6-4-7-12(9-11)10-13-8-3-1/h4,6-7,9,13H,1-3,5,8,10H2. The average molecular weight is 175 g/mol. The van der Waals surface area contributed by atoms with Gasteiger partial charge in [0.25, 0.3) is 0 Å². The van der Waals surface area contributed by atoms with Crippen molar-refractivity contribution in [2.75, 3.05) is 6.54 Å². The molecule has 0 aliphatic carbocycles. The molecular formula is C12H17N. The molecule has 0 atom stereocenters. The maximum Gasteiger partial charge on any atom is 0.0205 e. The van der Waals surface area contributed by atoms with E-state index in [1.54, 1.807) is 0 Å². The van der Waals surface area contributed by atoms with Gasteiger partial charge in [-0.05, 0) is 36.9 Å². The van der Waals surface area contributed by atoms with Crippen molar-refractivity contribution in [3.63, 3.8) is 0 Å². The van der Waals surface area contributed by atoms with Crippen molar-refractivity contribution in [2.24, 2.45) is 0 Å². The van der Waals surface area contributed by atoms with E-state index >= 15 is 0 Å². The van der Waals surface area contributed by atoms with Crippen LogP contribution in [0.2, 0.25) is 0 Å². The number of aryl methyl sites for hydroxylation is 1. The van der Waals surface area contributed by atoms with Crippen LogP contribution in [0.4, 0.5) is 0 Å². The summed E-state index contributed by atoms with van der Waals surface area (Å²) >= 11 is 0. The van der Waals surface area contributed by atoms with Crippen molar-refractivity contribution in [2.45, 2.75) is 32.2 Å². The van der Waals surface area contributed by atoms with E-state index in [0.717, 1.165) is 6.54 Å². The van der Waals surface area contributed by atoms with Gasteiger partial charge in [0.05, 0.1) is 0 Å². The van der Waals surface area contributed by atoms with Crippen LogP contribution in [0.25, 0.3) is 0 Å². The molecule has 1 aromatic carbocycles. The number of rotatable bonds is 0. The minimum atomic E-state index is 1.04. The predicted octanol–water partition coefficient (Wildman–Crippen LogP) is 2.50. The van der Waals surface area contributed by atoms with Gasteiger partial charge in [-0.3, -0.25) is 0 Å². The maximum atomic E-state index is 3.46. The molecule has 2 rings (SSSR count). The monoisotopic (exact) mass is 175 g/mol. The van der Waals surface area contributed by atoms with E-state index in [4.69, 9.17) is 0 Å². The highest BCUT2D eigenvalue weighted by Crippen LogP contribution is 2.11. The van der Waals surface area contributed by atoms with Crippen LogP contribution in [0.3, 0.4) is 0 Å². The molecule has 1 N–H and O–H groups in total. The minimum Gasteiger partial charge on any atom is -0.313 e. The summed E-state index contributed by atoms with van der Waals surface area (Å²) in [6, 6.07) is 8.95. The molecule has 2 bridgehead atoms. The van der Waals surface area contributed by atoms with Gasteiger partial charge in [-0.1, -0.05) is 30.7 Å². The Kier molecular flexibility index (Phi) is 2.98. The Hall–Kier alpha value is -0.820. The summed E-state index contributed by atoms with van der Waals surface area (Å²) in [5, 5.41) is 3.46. The molecule has 0 aromatic heterocycles. The molecule has 0 amide bonds. The lowest BCUT2D eigenvalue weighted by atomic mass is 10.0. The van der Waals surface area contributed by atoms with Crippen LogP contribution in [-0.2, 0) is 13.0 Å². The van der Waals surface area contributed by atoms with Crippen molar-refractivity contribution in [1.29, 1.82) is 0 Å². The molecule has 0 saturated heterocycles. The molecule has 13 heavy (non-hydrogen) atoms. The fourth-order valence-corrected chi connectivity index (χ4v) is 1.88. The third-order valence-electron chi connectivity index (χ3n) is 2.64. The Balaban J connectivity index is 2.13. The lowest BCUT2D eigenvalue weighted by Crippen LogP contribution is -2.15. The molecule has 70 valence electrons. The van der Waals surface area contributed by atoms with E-state index < -0.39 is 0 Å². The highest BCUT2D eigenvalue weighted by atomic mass is 14.8. The van der Waals surface area contributed by atoms with Gasteiger partial charge >= 0.3 is 0 Å². The van der Waals surface area contributed by atoms with Crippen LogP contribution in [0.15, 0.2) is 24.3 Å². The van der Waals surface area contributed by atoms with E-state index in [9.17, 15) is 0 Å². The first kappa shape index (κ1) is 8.76. The van der Waals surface area contributed by atoms with Crippen LogP contribution < -0.4 is 5.32 Å². The Morgan fingerprint density at radius 1 is 1.00 bits per heavy atom. The molecule has 0 saturated carbocycles. The lowest BCUT2D eigenvalue weighted by Gasteiger charge is -2.10. The smallest absolute Gasteiger partial charge is 0.0205 e. The number of benzene rings is 1. The normalized spacial score (nSPS) is 18.2. The van der Waals surface area contributed by atoms with Crippen LogP contribution in [-0.4, -0.2) is 6.54 Å². The zero-order chi connectivity index (χ0) is 8.93. The van der Waals surface area contributed by atoms with E-state index in [1.165, 1.54) is 43.4 Å². The van der Waals surface area contributed by atoms with Crippen molar-refractivity contribution in [3.05, 3.63) is 35.4 Å². The van der Waals surface area contributed by atoms with Gasteiger partial charge < -0.3 is 5.32 Å². The first-order chi connectivity index (χ1) is 6.45. The summed E-state index contributed by atoms with van der Waals surface area (Å²) in [6.07, 6.45) is 5.28. The molecule has 0 spiro atoms. The number of nitrogens with one attached hydrogen (secondary N) is 1. The van der Waals surface area contributed by atoms with Crippen molar-refractivity contribution < 1.29 is 0 Å². The fourth-order valence-electron chi connectivity index (χ4n) is 1.88. The van der Waals surface area contributed by atoms with Gasteiger partial charge in [-0.15, -0.1) is 0 Å². The Morgan fingerprint density at radius 2 is 1.92 bits per heavy atom. The zero-order valence-corrected chi connectivity index (χ0v) is 8.05. The lowest BCUT2D eigenvalue weighted by molar-refractivity contribution is 0.596. The molecule has 1 heteroatoms. The number of hydrogen-bond donors (Lipinski definition) is 1. The van der Waals surface area contributed by atoms with Gasteiger partial charge in [0.2, 0.25) is 0 Å². The quantitative estimate of drug-likeness (QED) is 0.639. The summed E-state index contributed by atoms with van der Waals surface area (Å²) < 4.78 is 0. The number of fused-ring (bicyclic) bond motifs is 2. The molecule has 1 nitrogen and oxygen atoms in total. The molecule has 1 aliphatic heterocycles. The van der Waals surface area contributed by atoms with Crippen molar-refractivity contribution >= 4 is 0 Å². The van der Waals surface area contributed by atoms with Crippen molar-refractivity contribution in [1.82, 2.24) is 5.32 Å². The highest BCUT2D eigenvalue weighted by Gasteiger charge is 1.99. The average Bonchev–Trinajstić information content (AvgIpc) is 2.17. The highest BCUT2D eigenvalue weighted by molar-refractivity contribution is 5.23. The van der Waals surface area contributed by atoms with Crippen LogP contribution in [0.5, 0.6) is 0 Å². The molecule has 1 heterocycles. The third kappa shape index (κ3) is 2.56. The van der Waals surface area contributed by atoms with E-state index in [1.807, 2.05) is 0 Å². The SMILES string of the molecule is c1cc2cc(c1)CNCCCCC2. The molecule has 0 radical (unpaired) electrons. The van der Waals surface area contributed by atoms with Crippen molar-refractivity contribution in [3.8, 4) is 0 Å². The van der Waals surface area contributed by atoms with Gasteiger partial charge in [0.1, 0.15) is 0 Å². The second-order valence-electron chi connectivity index (χ2n) is 3.81. The first-order valence-electron chi connectivity index (χ1n) is 5.24. The maximum absolute atomic E-state index is 3.46. The Labute approximate surface area is 80.2 Å². The molecule has 0 fully saturated rings. The Bertz CT molecular complexity index is 244. The second kappa shape index (κ2) is 4.43. The summed E-state index contributed by atoms with van der Waals surface area (Å²) in [6.45, 7) is 2.21. The summed E-state index contributed by atoms with van der Waals surface area (Å²) in [7, 11) is 0. The van der Waals surface area contributed by atoms with Gasteiger partial charge in [0, 0.05) is 6.54 Å². The minimum absolute atomic E-state index is 1.04. The van der Waals surface area contributed by atoms with Gasteiger partial charge in [-0.25, -0.2) is 0 Å². The molecular weight excluding hydrogens is 158 g/mol. The van der Waals surface area contributed by atoms with E-state index in [-0.39, 0.29) is 0 Å². The van der Waals surface area contributed by atoms with Gasteiger partial charge in [0.15, 0.2) is 0 Å². The fraction of sp³-hybridized carbons (Fsp3) is 0.500. The topological polar surface area (TPSA) is 12.0 Å². The third-order valence-corrected chi connectivity index (χ3v) is 2.64. The van der Waals surface area contributed by atoms with E-state index in [0.29, 0.717) is 0 Å². The van der Waals surface area contributed by atoms with Gasteiger partial charge in [-0.2, -0.15) is 0 Å². The molecule has 1 aliphatic rings. The molecule has 0 unspecified atom stereocenters. The van der Waals surface area contributed by atoms with Crippen LogP contribution in [0, 0.1) is 0 Å². The number of hydrogen-bond acceptors (Lipinski definition) is 1. The van der Waals surface area contributed by atoms with E-state index in [2.05, 4.69) is 29.6 Å². The molecule has 1 aromatic rings. The Morgan fingerprint density at radius 3 is 2.92 bits per heavy atom. The largest absolute Gasteiger partial charge is 0.313 e. The van der Waals surface area contributed by atoms with Crippen LogP contribution >= 0.6 is 0 Å². The van der Waals surface area contributed by atoms with Crippen LogP contribution in [0.1, 0.15) is 30.4 Å². The second-order valence-corrected chi connectivity index (χ2v) is 3.81. The predicted molar refractivity (Wildman–Crippen MR) is 55.7 cm³/mol. The summed E-state index contributed by atoms with van der Waals surface area (Å²) in [5.74, 6) is 0.